The van der Waals surface area contributed by atoms with Crippen molar-refractivity contribution < 1.29 is 31.2 Å². The van der Waals surface area contributed by atoms with Crippen LogP contribution in [0.25, 0.3) is 0 Å². The fourth-order valence-electron chi connectivity index (χ4n) is 2.60. The Labute approximate surface area is 176 Å². The van der Waals surface area contributed by atoms with Crippen LogP contribution in [0, 0.1) is 0 Å². The molecule has 0 saturated heterocycles. The fourth-order valence-corrected chi connectivity index (χ4v) is 2.98. The molecule has 0 fully saturated rings. The van der Waals surface area contributed by atoms with Gasteiger partial charge in [-0.15, -0.1) is 0 Å². The van der Waals surface area contributed by atoms with Crippen molar-refractivity contribution in [1.29, 1.82) is 0 Å². The number of carbonyl (C=O) groups excluding carboxylic acids is 2. The second-order valence-electron chi connectivity index (χ2n) is 6.07. The van der Waals surface area contributed by atoms with Crippen molar-refractivity contribution in [2.45, 2.75) is 6.54 Å². The molecule has 0 radical (unpaired) electrons. The van der Waals surface area contributed by atoms with Gasteiger partial charge in [-0.05, 0) is 48.0 Å². The number of hydrogen-bond donors (Lipinski definition) is 2. The Morgan fingerprint density at radius 1 is 1.13 bits per heavy atom. The molecule has 2 aromatic carbocycles. The van der Waals surface area contributed by atoms with Gasteiger partial charge >= 0.3 is 16.4 Å². The van der Waals surface area contributed by atoms with E-state index >= 15 is 0 Å². The van der Waals surface area contributed by atoms with E-state index in [2.05, 4.69) is 29.8 Å². The van der Waals surface area contributed by atoms with Crippen molar-refractivity contribution in [2.24, 2.45) is 5.90 Å². The summed E-state index contributed by atoms with van der Waals surface area (Å²) >= 11 is 0. The number of rotatable bonds is 8. The minimum absolute atomic E-state index is 0.0928. The van der Waals surface area contributed by atoms with Gasteiger partial charge in [0.15, 0.2) is 0 Å². The van der Waals surface area contributed by atoms with Crippen LogP contribution in [0.1, 0.15) is 26.3 Å². The Bertz CT molecular complexity index is 1180. The van der Waals surface area contributed by atoms with Crippen molar-refractivity contribution in [2.75, 3.05) is 12.4 Å². The van der Waals surface area contributed by atoms with Gasteiger partial charge in [0.2, 0.25) is 0 Å². The molecule has 13 heteroatoms. The molecule has 3 N–H and O–H groups in total. The summed E-state index contributed by atoms with van der Waals surface area (Å²) in [5.41, 5.74) is 1.48. The van der Waals surface area contributed by atoms with Crippen LogP contribution in [0.2, 0.25) is 0 Å². The summed E-state index contributed by atoms with van der Waals surface area (Å²) in [4.78, 5) is 28.5. The topological polar surface area (TPSA) is 165 Å². The molecule has 3 rings (SSSR count). The summed E-state index contributed by atoms with van der Waals surface area (Å²) in [6, 6.07) is 9.97. The lowest BCUT2D eigenvalue weighted by molar-refractivity contribution is 0.0600. The first-order chi connectivity index (χ1) is 14.8. The molecule has 0 spiro atoms. The average molecular weight is 447 g/mol. The van der Waals surface area contributed by atoms with E-state index in [4.69, 9.17) is 4.74 Å². The summed E-state index contributed by atoms with van der Waals surface area (Å²) in [5, 5.41) is 6.70. The molecular formula is C18H17N5O7S. The molecule has 0 unspecified atom stereocenters. The number of nitrogens with zero attached hydrogens (tertiary/aromatic N) is 3. The molecule has 0 saturated carbocycles. The molecule has 0 aliphatic heterocycles. The Morgan fingerprint density at radius 2 is 1.87 bits per heavy atom. The maximum absolute atomic E-state index is 12.6. The largest absolute Gasteiger partial charge is 0.465 e. The second-order valence-corrected chi connectivity index (χ2v) is 7.25. The van der Waals surface area contributed by atoms with Gasteiger partial charge in [0.1, 0.15) is 18.4 Å². The van der Waals surface area contributed by atoms with Gasteiger partial charge in [-0.3, -0.25) is 4.79 Å². The lowest BCUT2D eigenvalue weighted by Gasteiger charge is -2.11. The van der Waals surface area contributed by atoms with E-state index in [1.807, 2.05) is 0 Å². The van der Waals surface area contributed by atoms with Crippen molar-refractivity contribution in [3.05, 3.63) is 71.8 Å². The average Bonchev–Trinajstić information content (AvgIpc) is 3.26. The van der Waals surface area contributed by atoms with Crippen LogP contribution in [-0.4, -0.2) is 42.2 Å². The second kappa shape index (κ2) is 9.34. The van der Waals surface area contributed by atoms with Gasteiger partial charge in [0, 0.05) is 11.3 Å². The number of nitrogens with one attached hydrogen (secondary N) is 1. The predicted molar refractivity (Wildman–Crippen MR) is 106 cm³/mol. The van der Waals surface area contributed by atoms with Gasteiger partial charge in [-0.2, -0.15) is 23.7 Å². The molecule has 0 aliphatic rings. The molecule has 0 bridgehead atoms. The van der Waals surface area contributed by atoms with Crippen molar-refractivity contribution >= 4 is 28.0 Å². The summed E-state index contributed by atoms with van der Waals surface area (Å²) in [6.07, 6.45) is 2.90. The highest BCUT2D eigenvalue weighted by molar-refractivity contribution is 7.82. The highest BCUT2D eigenvalue weighted by Crippen LogP contribution is 2.19. The number of nitrogens with two attached hydrogens (primary N) is 1. The Morgan fingerprint density at radius 3 is 2.48 bits per heavy atom. The number of carbonyl (C=O) groups is 2. The van der Waals surface area contributed by atoms with Crippen LogP contribution in [-0.2, 0) is 26.0 Å². The molecule has 1 aromatic heterocycles. The van der Waals surface area contributed by atoms with Crippen molar-refractivity contribution in [1.82, 2.24) is 14.8 Å². The highest BCUT2D eigenvalue weighted by Gasteiger charge is 2.15. The van der Waals surface area contributed by atoms with Crippen LogP contribution in [0.15, 0.2) is 55.1 Å². The normalized spacial score (nSPS) is 11.0. The van der Waals surface area contributed by atoms with E-state index in [1.165, 1.54) is 50.1 Å². The van der Waals surface area contributed by atoms with E-state index in [0.717, 1.165) is 0 Å². The molecule has 1 amide bonds. The Hall–Kier alpha value is -3.81. The molecule has 3 aromatic rings. The van der Waals surface area contributed by atoms with Crippen LogP contribution < -0.4 is 15.4 Å². The third-order valence-corrected chi connectivity index (χ3v) is 4.55. The number of esters is 1. The molecule has 0 atom stereocenters. The van der Waals surface area contributed by atoms with E-state index in [1.54, 1.807) is 16.8 Å². The maximum atomic E-state index is 12.6. The van der Waals surface area contributed by atoms with E-state index < -0.39 is 22.3 Å². The SMILES string of the molecule is COC(=O)c1cc(Cn2cncn2)cc(NC(=O)c2ccc(OS(=O)(=O)ON)cc2)c1. The zero-order valence-electron chi connectivity index (χ0n) is 16.1. The van der Waals surface area contributed by atoms with Crippen LogP contribution in [0.5, 0.6) is 5.75 Å². The Balaban J connectivity index is 1.80. The number of amides is 1. The highest BCUT2D eigenvalue weighted by atomic mass is 32.3. The lowest BCUT2D eigenvalue weighted by Crippen LogP contribution is -2.17. The third kappa shape index (κ3) is 5.85. The molecule has 0 aliphatic carbocycles. The fraction of sp³-hybridized carbons (Fsp3) is 0.111. The van der Waals surface area contributed by atoms with Crippen molar-refractivity contribution in [3.63, 3.8) is 0 Å². The van der Waals surface area contributed by atoms with Gasteiger partial charge < -0.3 is 14.2 Å². The molecule has 162 valence electrons. The minimum atomic E-state index is -4.37. The number of ether oxygens (including phenoxy) is 1. The minimum Gasteiger partial charge on any atom is -0.465 e. The first-order valence-electron chi connectivity index (χ1n) is 8.58. The summed E-state index contributed by atoms with van der Waals surface area (Å²) in [5.74, 6) is 3.43. The molecule has 1 heterocycles. The zero-order valence-corrected chi connectivity index (χ0v) is 16.9. The number of aromatic nitrogens is 3. The number of anilines is 1. The summed E-state index contributed by atoms with van der Waals surface area (Å²) in [6.45, 7) is 0.317. The summed E-state index contributed by atoms with van der Waals surface area (Å²) < 4.78 is 37.0. The molecule has 31 heavy (non-hydrogen) atoms. The van der Waals surface area contributed by atoms with E-state index in [9.17, 15) is 18.0 Å². The molecular weight excluding hydrogens is 430 g/mol. The number of hydrogen-bond acceptors (Lipinski definition) is 10. The van der Waals surface area contributed by atoms with E-state index in [0.29, 0.717) is 17.8 Å². The lowest BCUT2D eigenvalue weighted by atomic mass is 10.1. The maximum Gasteiger partial charge on any atom is 0.465 e. The molecule has 12 nitrogen and oxygen atoms in total. The van der Waals surface area contributed by atoms with Crippen LogP contribution in [0.3, 0.4) is 0 Å². The van der Waals surface area contributed by atoms with Crippen molar-refractivity contribution in [3.8, 4) is 5.75 Å². The van der Waals surface area contributed by atoms with Gasteiger partial charge in [0.05, 0.1) is 19.2 Å². The quantitative estimate of drug-likeness (QED) is 0.374. The zero-order chi connectivity index (χ0) is 22.4. The smallest absolute Gasteiger partial charge is 0.465 e. The predicted octanol–water partition coefficient (Wildman–Crippen LogP) is 0.879. The number of benzene rings is 2. The van der Waals surface area contributed by atoms with Crippen LogP contribution in [0.4, 0.5) is 5.69 Å². The third-order valence-electron chi connectivity index (χ3n) is 3.92. The number of methoxy groups -OCH3 is 1. The van der Waals surface area contributed by atoms with E-state index in [-0.39, 0.29) is 16.9 Å². The Kier molecular flexibility index (Phi) is 6.59. The first-order valence-corrected chi connectivity index (χ1v) is 9.92. The van der Waals surface area contributed by atoms with Crippen LogP contribution >= 0.6 is 0 Å². The first kappa shape index (κ1) is 21.9. The standard InChI is InChI=1S/C18H17N5O7S/c1-28-18(25)14-6-12(9-23-11-20-10-21-23)7-15(8-14)22-17(24)13-2-4-16(5-3-13)29-31(26,27)30-19/h2-8,10-11H,9,19H2,1H3,(H,22,24). The monoisotopic (exact) mass is 447 g/mol. The van der Waals surface area contributed by atoms with Gasteiger partial charge in [-0.25, -0.2) is 14.5 Å². The van der Waals surface area contributed by atoms with Gasteiger partial charge in [0.25, 0.3) is 5.91 Å². The summed E-state index contributed by atoms with van der Waals surface area (Å²) in [7, 11) is -3.12. The van der Waals surface area contributed by atoms with Gasteiger partial charge in [-0.1, -0.05) is 0 Å².